The topological polar surface area (TPSA) is 84.4 Å². The lowest BCUT2D eigenvalue weighted by Gasteiger charge is -2.19. The van der Waals surface area contributed by atoms with Gasteiger partial charge >= 0.3 is 0 Å². The average molecular weight is 437 g/mol. The van der Waals surface area contributed by atoms with Crippen molar-refractivity contribution >= 4 is 34.0 Å². The molecule has 1 aromatic heterocycles. The monoisotopic (exact) mass is 436 g/mol. The van der Waals surface area contributed by atoms with E-state index in [1.165, 1.54) is 11.3 Å². The van der Waals surface area contributed by atoms with Crippen LogP contribution in [0.25, 0.3) is 0 Å². The van der Waals surface area contributed by atoms with E-state index in [-0.39, 0.29) is 18.2 Å². The van der Waals surface area contributed by atoms with Crippen LogP contribution >= 0.6 is 11.3 Å². The smallest absolute Gasteiger partial charge is 0.231 e. The van der Waals surface area contributed by atoms with Crippen LogP contribution in [-0.4, -0.2) is 35.7 Å². The third-order valence-corrected chi connectivity index (χ3v) is 6.20. The summed E-state index contributed by atoms with van der Waals surface area (Å²) in [6, 6.07) is 13.8. The molecule has 2 amide bonds. The Morgan fingerprint density at radius 2 is 1.97 bits per heavy atom. The Labute approximate surface area is 185 Å². The molecule has 1 aliphatic heterocycles. The number of carbonyl (C=O) groups is 2. The van der Waals surface area contributed by atoms with E-state index in [0.29, 0.717) is 18.1 Å². The molecule has 0 bridgehead atoms. The maximum Gasteiger partial charge on any atom is 0.231 e. The van der Waals surface area contributed by atoms with Gasteiger partial charge in [-0.2, -0.15) is 0 Å². The van der Waals surface area contributed by atoms with E-state index in [1.54, 1.807) is 12.0 Å². The average Bonchev–Trinajstić information content (AvgIpc) is 3.36. The summed E-state index contributed by atoms with van der Waals surface area (Å²) < 4.78 is 5.17. The molecule has 4 rings (SSSR count). The van der Waals surface area contributed by atoms with Gasteiger partial charge in [-0.05, 0) is 48.7 Å². The third kappa shape index (κ3) is 4.74. The van der Waals surface area contributed by atoms with Crippen LogP contribution in [0, 0.1) is 19.8 Å². The molecule has 0 aliphatic carbocycles. The van der Waals surface area contributed by atoms with E-state index in [1.807, 2.05) is 56.3 Å². The molecule has 1 N–H and O–H groups in total. The number of ether oxygens (including phenoxy) is 1. The van der Waals surface area contributed by atoms with Gasteiger partial charge < -0.3 is 15.0 Å². The molecule has 1 aliphatic rings. The number of amides is 2. The summed E-state index contributed by atoms with van der Waals surface area (Å²) in [4.78, 5) is 27.0. The number of anilines is 2. The molecule has 0 saturated carbocycles. The fraction of sp³-hybridized carbons (Fsp3) is 0.304. The normalized spacial score (nSPS) is 15.9. The van der Waals surface area contributed by atoms with Crippen molar-refractivity contribution in [2.24, 2.45) is 5.92 Å². The predicted octanol–water partition coefficient (Wildman–Crippen LogP) is 3.75. The van der Waals surface area contributed by atoms with Crippen molar-refractivity contribution < 1.29 is 14.3 Å². The molecular weight excluding hydrogens is 412 g/mol. The summed E-state index contributed by atoms with van der Waals surface area (Å²) in [6.45, 7) is 4.33. The summed E-state index contributed by atoms with van der Waals surface area (Å²) in [5.74, 6) is 0.149. The molecule has 160 valence electrons. The molecule has 1 saturated heterocycles. The highest BCUT2D eigenvalue weighted by molar-refractivity contribution is 7.15. The Morgan fingerprint density at radius 1 is 1.19 bits per heavy atom. The van der Waals surface area contributed by atoms with E-state index in [0.717, 1.165) is 33.1 Å². The van der Waals surface area contributed by atoms with Gasteiger partial charge in [0.1, 0.15) is 10.8 Å². The second-order valence-electron chi connectivity index (χ2n) is 7.71. The number of rotatable bonds is 6. The van der Waals surface area contributed by atoms with Crippen molar-refractivity contribution in [2.45, 2.75) is 26.7 Å². The lowest BCUT2D eigenvalue weighted by molar-refractivity contribution is -0.122. The van der Waals surface area contributed by atoms with Gasteiger partial charge in [0.25, 0.3) is 0 Å². The number of carbonyl (C=O) groups excluding carboxylic acids is 2. The Hall–Kier alpha value is -3.26. The largest absolute Gasteiger partial charge is 0.497 e. The zero-order valence-corrected chi connectivity index (χ0v) is 18.5. The SMILES string of the molecule is COc1ccc(Cc2nnc(NC(=O)C3CC(=O)N(c4cc(C)ccc4C)C3)s2)cc1. The number of aryl methyl sites for hydroxylation is 2. The first-order valence-corrected chi connectivity index (χ1v) is 10.9. The van der Waals surface area contributed by atoms with Crippen LogP contribution in [0.5, 0.6) is 5.75 Å². The molecule has 7 nitrogen and oxygen atoms in total. The highest BCUT2D eigenvalue weighted by Crippen LogP contribution is 2.30. The molecule has 1 atom stereocenters. The molecule has 3 aromatic rings. The van der Waals surface area contributed by atoms with Crippen LogP contribution in [0.3, 0.4) is 0 Å². The predicted molar refractivity (Wildman–Crippen MR) is 121 cm³/mol. The Kier molecular flexibility index (Phi) is 5.99. The number of nitrogens with zero attached hydrogens (tertiary/aromatic N) is 3. The summed E-state index contributed by atoms with van der Waals surface area (Å²) in [5, 5.41) is 12.4. The molecule has 0 radical (unpaired) electrons. The van der Waals surface area contributed by atoms with Crippen molar-refractivity contribution in [1.29, 1.82) is 0 Å². The number of methoxy groups -OCH3 is 1. The molecule has 1 fully saturated rings. The Morgan fingerprint density at radius 3 is 2.71 bits per heavy atom. The van der Waals surface area contributed by atoms with Crippen LogP contribution in [0.2, 0.25) is 0 Å². The van der Waals surface area contributed by atoms with Crippen LogP contribution < -0.4 is 15.0 Å². The van der Waals surface area contributed by atoms with Gasteiger partial charge in [0.2, 0.25) is 16.9 Å². The fourth-order valence-corrected chi connectivity index (χ4v) is 4.40. The number of aromatic nitrogens is 2. The summed E-state index contributed by atoms with van der Waals surface area (Å²) in [6.07, 6.45) is 0.816. The van der Waals surface area contributed by atoms with Gasteiger partial charge in [-0.15, -0.1) is 10.2 Å². The second kappa shape index (κ2) is 8.85. The van der Waals surface area contributed by atoms with Crippen LogP contribution in [0.4, 0.5) is 10.8 Å². The quantitative estimate of drug-likeness (QED) is 0.636. The minimum atomic E-state index is -0.415. The van der Waals surface area contributed by atoms with Crippen molar-refractivity contribution in [3.8, 4) is 5.75 Å². The number of hydrogen-bond donors (Lipinski definition) is 1. The van der Waals surface area contributed by atoms with Crippen LogP contribution in [0.1, 0.15) is 28.1 Å². The Balaban J connectivity index is 1.38. The van der Waals surface area contributed by atoms with E-state index >= 15 is 0 Å². The summed E-state index contributed by atoms with van der Waals surface area (Å²) >= 11 is 1.34. The van der Waals surface area contributed by atoms with Gasteiger partial charge in [0, 0.05) is 25.1 Å². The third-order valence-electron chi connectivity index (χ3n) is 5.36. The first-order valence-electron chi connectivity index (χ1n) is 10.1. The molecule has 0 spiro atoms. The lowest BCUT2D eigenvalue weighted by Crippen LogP contribution is -2.28. The molecule has 2 heterocycles. The summed E-state index contributed by atoms with van der Waals surface area (Å²) in [7, 11) is 1.63. The minimum Gasteiger partial charge on any atom is -0.497 e. The van der Waals surface area contributed by atoms with Crippen LogP contribution in [-0.2, 0) is 16.0 Å². The van der Waals surface area contributed by atoms with E-state index in [9.17, 15) is 9.59 Å². The second-order valence-corrected chi connectivity index (χ2v) is 8.77. The lowest BCUT2D eigenvalue weighted by atomic mass is 10.1. The maximum absolute atomic E-state index is 12.8. The Bertz CT molecular complexity index is 1110. The number of hydrogen-bond acceptors (Lipinski definition) is 6. The first-order chi connectivity index (χ1) is 14.9. The van der Waals surface area contributed by atoms with Gasteiger partial charge in [-0.1, -0.05) is 35.6 Å². The molecule has 31 heavy (non-hydrogen) atoms. The van der Waals surface area contributed by atoms with Crippen molar-refractivity contribution in [3.05, 3.63) is 64.2 Å². The minimum absolute atomic E-state index is 0.0358. The van der Waals surface area contributed by atoms with E-state index < -0.39 is 5.92 Å². The van der Waals surface area contributed by atoms with Crippen molar-refractivity contribution in [2.75, 3.05) is 23.9 Å². The first kappa shape index (κ1) is 21.0. The molecule has 1 unspecified atom stereocenters. The van der Waals surface area contributed by atoms with Crippen molar-refractivity contribution in [3.63, 3.8) is 0 Å². The zero-order valence-electron chi connectivity index (χ0n) is 17.7. The van der Waals surface area contributed by atoms with Gasteiger partial charge in [-0.25, -0.2) is 0 Å². The van der Waals surface area contributed by atoms with Crippen molar-refractivity contribution in [1.82, 2.24) is 10.2 Å². The fourth-order valence-electron chi connectivity index (χ4n) is 3.63. The van der Waals surface area contributed by atoms with Gasteiger partial charge in [0.15, 0.2) is 0 Å². The number of benzene rings is 2. The summed E-state index contributed by atoms with van der Waals surface area (Å²) in [5.41, 5.74) is 4.06. The molecule has 8 heteroatoms. The van der Waals surface area contributed by atoms with E-state index in [4.69, 9.17) is 4.74 Å². The maximum atomic E-state index is 12.8. The van der Waals surface area contributed by atoms with Crippen LogP contribution in [0.15, 0.2) is 42.5 Å². The van der Waals surface area contributed by atoms with E-state index in [2.05, 4.69) is 15.5 Å². The van der Waals surface area contributed by atoms with Gasteiger partial charge in [0.05, 0.1) is 13.0 Å². The highest BCUT2D eigenvalue weighted by Gasteiger charge is 2.36. The molecular formula is C23H24N4O3S. The standard InChI is InChI=1S/C23H24N4O3S/c1-14-4-5-15(2)19(10-14)27-13-17(12-21(27)28)22(29)24-23-26-25-20(31-23)11-16-6-8-18(30-3)9-7-16/h4-10,17H,11-13H2,1-3H3,(H,24,26,29). The van der Waals surface area contributed by atoms with Gasteiger partial charge in [-0.3, -0.25) is 9.59 Å². The number of nitrogens with one attached hydrogen (secondary N) is 1. The zero-order chi connectivity index (χ0) is 22.0. The highest BCUT2D eigenvalue weighted by atomic mass is 32.1. The molecule has 2 aromatic carbocycles.